The Morgan fingerprint density at radius 1 is 0.781 bits per heavy atom. The maximum Gasteiger partial charge on any atom is 0.341 e. The van der Waals surface area contributed by atoms with Crippen molar-refractivity contribution in [1.29, 1.82) is 0 Å². The predicted octanol–water partition coefficient (Wildman–Crippen LogP) is 4.95. The molecule has 0 fully saturated rings. The van der Waals surface area contributed by atoms with Crippen LogP contribution in [0.15, 0.2) is 54.6 Å². The third-order valence-electron chi connectivity index (χ3n) is 4.87. The van der Waals surface area contributed by atoms with E-state index in [4.69, 9.17) is 9.47 Å². The first kappa shape index (κ1) is 22.9. The molecule has 3 rings (SSSR count). The lowest BCUT2D eigenvalue weighted by molar-refractivity contribution is 0.0477. The fraction of sp³-hybridized carbons (Fsp3) is 0.231. The van der Waals surface area contributed by atoms with Gasteiger partial charge in [-0.15, -0.1) is 0 Å². The molecule has 0 aliphatic rings. The molecular formula is C26H25NO5. The first-order valence-corrected chi connectivity index (χ1v) is 10.4. The monoisotopic (exact) mass is 431 g/mol. The van der Waals surface area contributed by atoms with Gasteiger partial charge in [0.15, 0.2) is 0 Å². The van der Waals surface area contributed by atoms with Gasteiger partial charge in [-0.2, -0.15) is 0 Å². The minimum absolute atomic E-state index is 0.0497. The summed E-state index contributed by atoms with van der Waals surface area (Å²) < 4.78 is 10.3. The Morgan fingerprint density at radius 3 is 1.88 bits per heavy atom. The van der Waals surface area contributed by atoms with Gasteiger partial charge < -0.3 is 9.47 Å². The Bertz CT molecular complexity index is 1150. The summed E-state index contributed by atoms with van der Waals surface area (Å²) >= 11 is 0. The van der Waals surface area contributed by atoms with Crippen molar-refractivity contribution in [2.45, 2.75) is 27.7 Å². The van der Waals surface area contributed by atoms with Crippen LogP contribution in [0.25, 0.3) is 11.3 Å². The van der Waals surface area contributed by atoms with Crippen molar-refractivity contribution in [2.75, 3.05) is 13.2 Å². The zero-order valence-corrected chi connectivity index (χ0v) is 18.6. The van der Waals surface area contributed by atoms with E-state index in [-0.39, 0.29) is 30.0 Å². The van der Waals surface area contributed by atoms with Crippen LogP contribution in [0.4, 0.5) is 0 Å². The fourth-order valence-electron chi connectivity index (χ4n) is 3.20. The van der Waals surface area contributed by atoms with Crippen LogP contribution in [0.1, 0.15) is 61.7 Å². The van der Waals surface area contributed by atoms with Crippen LogP contribution < -0.4 is 0 Å². The second-order valence-corrected chi connectivity index (χ2v) is 7.28. The highest BCUT2D eigenvalue weighted by Crippen LogP contribution is 2.26. The molecule has 0 N–H and O–H groups in total. The van der Waals surface area contributed by atoms with Gasteiger partial charge in [-0.3, -0.25) is 4.79 Å². The SMILES string of the molecule is CCOC(=O)c1cc(-c2ccc(C)cc2)nc(C(=O)c2ccc(C)cc2)c1C(=O)OCC. The van der Waals surface area contributed by atoms with Crippen LogP contribution in [0, 0.1) is 13.8 Å². The number of carbonyl (C=O) groups is 3. The number of benzene rings is 2. The van der Waals surface area contributed by atoms with Crippen LogP contribution >= 0.6 is 0 Å². The standard InChI is InChI=1S/C26H25NO5/c1-5-31-25(29)20-15-21(18-11-7-16(3)8-12-18)27-23(22(20)26(30)32-6-2)24(28)19-13-9-17(4)10-14-19/h7-15H,5-6H2,1-4H3. The molecule has 0 bridgehead atoms. The minimum atomic E-state index is -0.797. The van der Waals surface area contributed by atoms with Crippen LogP contribution in [-0.2, 0) is 9.47 Å². The highest BCUT2D eigenvalue weighted by Gasteiger charge is 2.29. The number of nitrogens with zero attached hydrogens (tertiary/aromatic N) is 1. The van der Waals surface area contributed by atoms with Gasteiger partial charge in [-0.05, 0) is 33.8 Å². The number of hydrogen-bond acceptors (Lipinski definition) is 6. The van der Waals surface area contributed by atoms with Crippen LogP contribution in [0.2, 0.25) is 0 Å². The maximum atomic E-state index is 13.4. The van der Waals surface area contributed by atoms with Crippen molar-refractivity contribution in [1.82, 2.24) is 4.98 Å². The molecule has 0 atom stereocenters. The number of carbonyl (C=O) groups excluding carboxylic acids is 3. The summed E-state index contributed by atoms with van der Waals surface area (Å²) in [6.07, 6.45) is 0. The van der Waals surface area contributed by atoms with Gasteiger partial charge in [0.2, 0.25) is 5.78 Å². The van der Waals surface area contributed by atoms with E-state index < -0.39 is 17.7 Å². The Kier molecular flexibility index (Phi) is 7.15. The van der Waals surface area contributed by atoms with Crippen molar-refractivity contribution in [3.05, 3.63) is 88.1 Å². The molecule has 0 unspecified atom stereocenters. The summed E-state index contributed by atoms with van der Waals surface area (Å²) in [6, 6.07) is 15.9. The molecule has 0 saturated carbocycles. The number of aromatic nitrogens is 1. The molecule has 164 valence electrons. The van der Waals surface area contributed by atoms with Gasteiger partial charge in [0.25, 0.3) is 0 Å². The van der Waals surface area contributed by atoms with Gasteiger partial charge in [-0.25, -0.2) is 14.6 Å². The molecule has 0 aliphatic carbocycles. The highest BCUT2D eigenvalue weighted by molar-refractivity contribution is 6.16. The minimum Gasteiger partial charge on any atom is -0.462 e. The van der Waals surface area contributed by atoms with Gasteiger partial charge in [0.05, 0.1) is 24.5 Å². The summed E-state index contributed by atoms with van der Waals surface area (Å²) in [5.41, 5.74) is 3.10. The fourth-order valence-corrected chi connectivity index (χ4v) is 3.20. The van der Waals surface area contributed by atoms with Gasteiger partial charge >= 0.3 is 11.9 Å². The molecule has 0 aliphatic heterocycles. The molecule has 0 amide bonds. The number of esters is 2. The first-order chi connectivity index (χ1) is 15.3. The number of aryl methyl sites for hydroxylation is 2. The van der Waals surface area contributed by atoms with E-state index in [1.807, 2.05) is 38.1 Å². The van der Waals surface area contributed by atoms with Crippen molar-refractivity contribution < 1.29 is 23.9 Å². The third-order valence-corrected chi connectivity index (χ3v) is 4.87. The molecule has 32 heavy (non-hydrogen) atoms. The van der Waals surface area contributed by atoms with E-state index >= 15 is 0 Å². The van der Waals surface area contributed by atoms with Crippen LogP contribution in [0.3, 0.4) is 0 Å². The van der Waals surface area contributed by atoms with E-state index in [1.54, 1.807) is 38.1 Å². The Hall–Kier alpha value is -3.80. The molecule has 2 aromatic carbocycles. The zero-order valence-electron chi connectivity index (χ0n) is 18.6. The molecule has 1 heterocycles. The molecule has 6 nitrogen and oxygen atoms in total. The molecule has 0 saturated heterocycles. The number of ether oxygens (including phenoxy) is 2. The number of ketones is 1. The summed E-state index contributed by atoms with van der Waals surface area (Å²) in [6.45, 7) is 7.38. The lowest BCUT2D eigenvalue weighted by Crippen LogP contribution is -2.21. The second-order valence-electron chi connectivity index (χ2n) is 7.28. The van der Waals surface area contributed by atoms with Crippen LogP contribution in [0.5, 0.6) is 0 Å². The zero-order chi connectivity index (χ0) is 23.3. The third kappa shape index (κ3) is 4.91. The molecule has 3 aromatic rings. The number of hydrogen-bond donors (Lipinski definition) is 0. The van der Waals surface area contributed by atoms with Gasteiger partial charge in [0.1, 0.15) is 11.3 Å². The van der Waals surface area contributed by atoms with Crippen molar-refractivity contribution in [2.24, 2.45) is 0 Å². The van der Waals surface area contributed by atoms with E-state index in [9.17, 15) is 14.4 Å². The number of pyridine rings is 1. The van der Waals surface area contributed by atoms with Gasteiger partial charge in [-0.1, -0.05) is 59.7 Å². The maximum absolute atomic E-state index is 13.4. The largest absolute Gasteiger partial charge is 0.462 e. The molecule has 0 spiro atoms. The summed E-state index contributed by atoms with van der Waals surface area (Å²) in [5, 5.41) is 0. The van der Waals surface area contributed by atoms with Crippen molar-refractivity contribution in [3.63, 3.8) is 0 Å². The average molecular weight is 431 g/mol. The summed E-state index contributed by atoms with van der Waals surface area (Å²) in [7, 11) is 0. The Balaban J connectivity index is 2.29. The quantitative estimate of drug-likeness (QED) is 0.389. The molecule has 0 radical (unpaired) electrons. The Labute approximate surface area is 187 Å². The van der Waals surface area contributed by atoms with Crippen molar-refractivity contribution >= 4 is 17.7 Å². The van der Waals surface area contributed by atoms with Crippen LogP contribution in [-0.4, -0.2) is 35.9 Å². The molecule has 6 heteroatoms. The normalized spacial score (nSPS) is 10.5. The van der Waals surface area contributed by atoms with E-state index in [2.05, 4.69) is 4.98 Å². The average Bonchev–Trinajstić information content (AvgIpc) is 2.79. The van der Waals surface area contributed by atoms with E-state index in [0.717, 1.165) is 11.1 Å². The summed E-state index contributed by atoms with van der Waals surface area (Å²) in [4.78, 5) is 43.6. The van der Waals surface area contributed by atoms with Gasteiger partial charge in [0, 0.05) is 11.1 Å². The lowest BCUT2D eigenvalue weighted by atomic mass is 9.96. The summed E-state index contributed by atoms with van der Waals surface area (Å²) in [5.74, 6) is -1.99. The first-order valence-electron chi connectivity index (χ1n) is 10.4. The highest BCUT2D eigenvalue weighted by atomic mass is 16.5. The topological polar surface area (TPSA) is 82.6 Å². The van der Waals surface area contributed by atoms with Crippen molar-refractivity contribution in [3.8, 4) is 11.3 Å². The number of rotatable bonds is 7. The smallest absolute Gasteiger partial charge is 0.341 e. The lowest BCUT2D eigenvalue weighted by Gasteiger charge is -2.15. The molecular weight excluding hydrogens is 406 g/mol. The Morgan fingerprint density at radius 2 is 1.31 bits per heavy atom. The second kappa shape index (κ2) is 10.0. The van der Waals surface area contributed by atoms with E-state index in [0.29, 0.717) is 16.8 Å². The predicted molar refractivity (Wildman–Crippen MR) is 121 cm³/mol. The molecule has 1 aromatic heterocycles. The van der Waals surface area contributed by atoms with E-state index in [1.165, 1.54) is 6.07 Å².